The Morgan fingerprint density at radius 3 is 1.83 bits per heavy atom. The Morgan fingerprint density at radius 2 is 1.39 bits per heavy atom. The monoisotopic (exact) mass is 267 g/mol. The minimum absolute atomic E-state index is 0. The van der Waals surface area contributed by atoms with Crippen molar-refractivity contribution in [3.8, 4) is 0 Å². The molecule has 0 spiro atoms. The number of hydrogen-bond donors (Lipinski definition) is 2. The van der Waals surface area contributed by atoms with Gasteiger partial charge in [-0.2, -0.15) is 0 Å². The fourth-order valence-electron chi connectivity index (χ4n) is 1.93. The first kappa shape index (κ1) is 20.7. The van der Waals surface area contributed by atoms with E-state index in [1.807, 2.05) is 0 Å². The fourth-order valence-corrected chi connectivity index (χ4v) is 1.93. The molecule has 0 aliphatic rings. The maximum Gasteiger partial charge on any atom is 1.00 e. The Hall–Kier alpha value is 0.430. The summed E-state index contributed by atoms with van der Waals surface area (Å²) in [4.78, 5) is 10.2. The van der Waals surface area contributed by atoms with Crippen molar-refractivity contribution in [2.75, 3.05) is 13.1 Å². The third-order valence-electron chi connectivity index (χ3n) is 2.98. The van der Waals surface area contributed by atoms with Crippen LogP contribution >= 0.6 is 0 Å². The van der Waals surface area contributed by atoms with E-state index < -0.39 is 5.97 Å². The van der Waals surface area contributed by atoms with E-state index in [2.05, 4.69) is 12.2 Å². The number of carbonyl (C=O) groups is 1. The van der Waals surface area contributed by atoms with Crippen molar-refractivity contribution in [3.63, 3.8) is 0 Å². The summed E-state index contributed by atoms with van der Waals surface area (Å²) < 4.78 is 0. The average Bonchev–Trinajstić information content (AvgIpc) is 2.30. The van der Waals surface area contributed by atoms with Crippen LogP contribution in [0.2, 0.25) is 0 Å². The van der Waals surface area contributed by atoms with Crippen molar-refractivity contribution in [2.45, 2.75) is 71.1 Å². The molecule has 3 nitrogen and oxygen atoms in total. The molecule has 0 aromatic carbocycles. The summed E-state index contributed by atoms with van der Waals surface area (Å²) in [6, 6.07) is 0. The number of carboxylic acid groups (broad SMARTS) is 1. The summed E-state index contributed by atoms with van der Waals surface area (Å²) in [6.07, 6.45) is 13.2. The Labute approximate surface area is 136 Å². The first-order valence-corrected chi connectivity index (χ1v) is 7.20. The molecule has 0 rings (SSSR count). The van der Waals surface area contributed by atoms with Crippen LogP contribution in [0.3, 0.4) is 0 Å². The molecule has 4 heteroatoms. The smallest absolute Gasteiger partial charge is 1.00 e. The second-order valence-electron chi connectivity index (χ2n) is 4.75. The van der Waals surface area contributed by atoms with E-state index in [9.17, 15) is 4.79 Å². The van der Waals surface area contributed by atoms with Crippen molar-refractivity contribution in [2.24, 2.45) is 0 Å². The molecule has 2 N–H and O–H groups in total. The van der Waals surface area contributed by atoms with Crippen molar-refractivity contribution >= 4 is 5.97 Å². The number of unbranched alkanes of at least 4 members (excludes halogenated alkanes) is 9. The van der Waals surface area contributed by atoms with Gasteiger partial charge in [0.05, 0.1) is 6.54 Å². The van der Waals surface area contributed by atoms with E-state index in [0.717, 1.165) is 13.0 Å². The van der Waals surface area contributed by atoms with Crippen LogP contribution in [0.25, 0.3) is 0 Å². The maximum absolute atomic E-state index is 10.2. The zero-order valence-corrected chi connectivity index (χ0v) is 14.3. The van der Waals surface area contributed by atoms with Gasteiger partial charge in [0.25, 0.3) is 0 Å². The van der Waals surface area contributed by atoms with Gasteiger partial charge < -0.3 is 11.8 Å². The summed E-state index contributed by atoms with van der Waals surface area (Å²) in [5, 5.41) is 11.3. The van der Waals surface area contributed by atoms with Crippen LogP contribution in [0, 0.1) is 0 Å². The first-order chi connectivity index (χ1) is 8.27. The Balaban J connectivity index is -0.00000128. The molecule has 0 radical (unpaired) electrons. The molecule has 0 fully saturated rings. The number of hydrogen-bond acceptors (Lipinski definition) is 2. The fraction of sp³-hybridized carbons (Fsp3) is 0.929. The molecule has 0 heterocycles. The zero-order valence-electron chi connectivity index (χ0n) is 13.3. The van der Waals surface area contributed by atoms with Gasteiger partial charge >= 0.3 is 35.5 Å². The van der Waals surface area contributed by atoms with E-state index >= 15 is 0 Å². The van der Waals surface area contributed by atoms with Crippen molar-refractivity contribution in [1.29, 1.82) is 0 Å². The molecule has 0 aliphatic carbocycles. The minimum atomic E-state index is -0.767. The van der Waals surface area contributed by atoms with Gasteiger partial charge in [-0.3, -0.25) is 4.79 Å². The molecule has 0 saturated heterocycles. The molecule has 0 bridgehead atoms. The predicted molar refractivity (Wildman–Crippen MR) is 73.5 cm³/mol. The van der Waals surface area contributed by atoms with Crippen molar-refractivity contribution in [1.82, 2.24) is 5.32 Å². The number of carboxylic acids is 1. The molecular weight excluding hydrogens is 237 g/mol. The summed E-state index contributed by atoms with van der Waals surface area (Å²) in [6.45, 7) is 3.18. The third kappa shape index (κ3) is 18.8. The van der Waals surface area contributed by atoms with Crippen molar-refractivity contribution in [3.05, 3.63) is 0 Å². The molecule has 0 amide bonds. The second-order valence-corrected chi connectivity index (χ2v) is 4.75. The molecule has 0 aromatic heterocycles. The van der Waals surface area contributed by atoms with Gasteiger partial charge in [0, 0.05) is 0 Å². The first-order valence-electron chi connectivity index (χ1n) is 7.20. The largest absolute Gasteiger partial charge is 1.00 e. The van der Waals surface area contributed by atoms with E-state index in [4.69, 9.17) is 5.11 Å². The number of aliphatic carboxylic acids is 1. The maximum atomic E-state index is 10.2. The summed E-state index contributed by atoms with van der Waals surface area (Å²) in [7, 11) is 0. The number of rotatable bonds is 13. The molecule has 104 valence electrons. The van der Waals surface area contributed by atoms with Crippen LogP contribution in [0.5, 0.6) is 0 Å². The van der Waals surface area contributed by atoms with Crippen LogP contribution in [0.1, 0.15) is 72.6 Å². The van der Waals surface area contributed by atoms with Crippen LogP contribution in [-0.4, -0.2) is 24.2 Å². The van der Waals surface area contributed by atoms with Gasteiger partial charge in [-0.1, -0.05) is 64.7 Å². The Morgan fingerprint density at radius 1 is 0.944 bits per heavy atom. The standard InChI is InChI=1S/C14H29NO2.Na.H/c1-2-3-4-5-6-7-8-9-10-11-12-15-13-14(16)17;;/h15H,2-13H2,1H3,(H,16,17);;/q;+1;-1. The predicted octanol–water partition coefficient (Wildman–Crippen LogP) is 0.698. The van der Waals surface area contributed by atoms with Crippen LogP contribution in [0.15, 0.2) is 0 Å². The van der Waals surface area contributed by atoms with E-state index in [0.29, 0.717) is 0 Å². The second kappa shape index (κ2) is 17.4. The van der Waals surface area contributed by atoms with E-state index in [-0.39, 0.29) is 37.5 Å². The minimum Gasteiger partial charge on any atom is -1.00 e. The molecule has 0 atom stereocenters. The third-order valence-corrected chi connectivity index (χ3v) is 2.98. The van der Waals surface area contributed by atoms with E-state index in [1.54, 1.807) is 0 Å². The molecule has 0 unspecified atom stereocenters. The zero-order chi connectivity index (χ0) is 12.8. The SMILES string of the molecule is CCCCCCCCCCCCNCC(=O)O.[H-].[Na+]. The van der Waals surface area contributed by atoms with Gasteiger partial charge in [-0.05, 0) is 13.0 Å². The average molecular weight is 267 g/mol. The van der Waals surface area contributed by atoms with Gasteiger partial charge in [-0.25, -0.2) is 0 Å². The van der Waals surface area contributed by atoms with Crippen LogP contribution < -0.4 is 34.9 Å². The van der Waals surface area contributed by atoms with Crippen LogP contribution in [-0.2, 0) is 4.79 Å². The van der Waals surface area contributed by atoms with Gasteiger partial charge in [0.1, 0.15) is 0 Å². The molecule has 0 aliphatic heterocycles. The quantitative estimate of drug-likeness (QED) is 0.381. The number of nitrogens with one attached hydrogen (secondary N) is 1. The summed E-state index contributed by atoms with van der Waals surface area (Å²) in [5.74, 6) is -0.767. The van der Waals surface area contributed by atoms with Gasteiger partial charge in [-0.15, -0.1) is 0 Å². The summed E-state index contributed by atoms with van der Waals surface area (Å²) >= 11 is 0. The normalized spacial score (nSPS) is 10.1. The Kier molecular flexibility index (Phi) is 20.1. The van der Waals surface area contributed by atoms with Gasteiger partial charge in [0.2, 0.25) is 0 Å². The van der Waals surface area contributed by atoms with Gasteiger partial charge in [0.15, 0.2) is 0 Å². The van der Waals surface area contributed by atoms with E-state index in [1.165, 1.54) is 57.8 Å². The molecule has 0 aromatic rings. The molecular formula is C14H30NNaO2. The van der Waals surface area contributed by atoms with Crippen LogP contribution in [0.4, 0.5) is 0 Å². The topological polar surface area (TPSA) is 49.3 Å². The molecule has 18 heavy (non-hydrogen) atoms. The van der Waals surface area contributed by atoms with Crippen molar-refractivity contribution < 1.29 is 40.9 Å². The molecule has 0 saturated carbocycles. The summed E-state index contributed by atoms with van der Waals surface area (Å²) in [5.41, 5.74) is 0. The Bertz CT molecular complexity index is 183.